The van der Waals surface area contributed by atoms with Gasteiger partial charge in [-0.05, 0) is 37.4 Å². The third kappa shape index (κ3) is 4.66. The van der Waals surface area contributed by atoms with Crippen LogP contribution >= 0.6 is 11.8 Å². The first-order valence-electron chi connectivity index (χ1n) is 8.60. The molecule has 6 heteroatoms. The summed E-state index contributed by atoms with van der Waals surface area (Å²) in [6.45, 7) is 6.49. The van der Waals surface area contributed by atoms with Crippen LogP contribution in [0.3, 0.4) is 0 Å². The zero-order valence-corrected chi connectivity index (χ0v) is 15.6. The number of thioether (sulfide) groups is 1. The van der Waals surface area contributed by atoms with E-state index in [-0.39, 0.29) is 11.9 Å². The van der Waals surface area contributed by atoms with E-state index in [1.807, 2.05) is 49.6 Å². The van der Waals surface area contributed by atoms with Crippen LogP contribution in [0.15, 0.2) is 52.0 Å². The SMILES string of the molecule is CSc1ccccc1NC(=O)[C@H](C)N1CCN(Cc2ccco2)CC1. The van der Waals surface area contributed by atoms with Crippen molar-refractivity contribution in [3.8, 4) is 0 Å². The first-order valence-corrected chi connectivity index (χ1v) is 9.82. The number of carbonyl (C=O) groups excluding carboxylic acids is 1. The number of furan rings is 1. The molecule has 1 amide bonds. The van der Waals surface area contributed by atoms with Crippen LogP contribution in [0.5, 0.6) is 0 Å². The maximum absolute atomic E-state index is 12.6. The number of amides is 1. The predicted octanol–water partition coefficient (Wildman–Crippen LogP) is 3.15. The number of piperazine rings is 1. The molecule has 0 unspecified atom stereocenters. The van der Waals surface area contributed by atoms with E-state index in [9.17, 15) is 4.79 Å². The van der Waals surface area contributed by atoms with E-state index in [2.05, 4.69) is 15.1 Å². The highest BCUT2D eigenvalue weighted by atomic mass is 32.2. The smallest absolute Gasteiger partial charge is 0.241 e. The first-order chi connectivity index (χ1) is 12.2. The molecule has 0 aliphatic carbocycles. The van der Waals surface area contributed by atoms with Gasteiger partial charge < -0.3 is 9.73 Å². The molecule has 25 heavy (non-hydrogen) atoms. The number of para-hydroxylation sites is 1. The van der Waals surface area contributed by atoms with Gasteiger partial charge in [-0.1, -0.05) is 12.1 Å². The van der Waals surface area contributed by atoms with E-state index in [4.69, 9.17) is 4.42 Å². The summed E-state index contributed by atoms with van der Waals surface area (Å²) in [4.78, 5) is 18.3. The molecule has 1 aliphatic heterocycles. The third-order valence-electron chi connectivity index (χ3n) is 4.66. The predicted molar refractivity (Wildman–Crippen MR) is 102 cm³/mol. The zero-order valence-electron chi connectivity index (χ0n) is 14.8. The molecule has 1 fully saturated rings. The van der Waals surface area contributed by atoms with Crippen molar-refractivity contribution in [2.75, 3.05) is 37.8 Å². The lowest BCUT2D eigenvalue weighted by Gasteiger charge is -2.37. The summed E-state index contributed by atoms with van der Waals surface area (Å²) in [7, 11) is 0. The molecule has 2 aromatic rings. The van der Waals surface area contributed by atoms with Gasteiger partial charge in [-0.25, -0.2) is 0 Å². The summed E-state index contributed by atoms with van der Waals surface area (Å²) in [6.07, 6.45) is 3.73. The Morgan fingerprint density at radius 2 is 1.96 bits per heavy atom. The van der Waals surface area contributed by atoms with Gasteiger partial charge in [0.15, 0.2) is 0 Å². The normalized spacial score (nSPS) is 17.4. The lowest BCUT2D eigenvalue weighted by Crippen LogP contribution is -2.52. The summed E-state index contributed by atoms with van der Waals surface area (Å²) in [5.74, 6) is 1.05. The fraction of sp³-hybridized carbons (Fsp3) is 0.421. The van der Waals surface area contributed by atoms with Gasteiger partial charge in [0.25, 0.3) is 0 Å². The Kier molecular flexibility index (Phi) is 6.18. The molecule has 1 aliphatic rings. The highest BCUT2D eigenvalue weighted by Crippen LogP contribution is 2.25. The molecule has 1 saturated heterocycles. The van der Waals surface area contributed by atoms with Crippen LogP contribution in [0.25, 0.3) is 0 Å². The van der Waals surface area contributed by atoms with E-state index in [1.54, 1.807) is 18.0 Å². The van der Waals surface area contributed by atoms with Crippen molar-refractivity contribution >= 4 is 23.4 Å². The number of benzene rings is 1. The van der Waals surface area contributed by atoms with E-state index < -0.39 is 0 Å². The molecule has 1 aromatic carbocycles. The van der Waals surface area contributed by atoms with E-state index in [0.717, 1.165) is 49.1 Å². The summed E-state index contributed by atoms with van der Waals surface area (Å²) in [5, 5.41) is 3.08. The largest absolute Gasteiger partial charge is 0.468 e. The Morgan fingerprint density at radius 3 is 2.64 bits per heavy atom. The quantitative estimate of drug-likeness (QED) is 0.803. The van der Waals surface area contributed by atoms with Crippen LogP contribution in [-0.2, 0) is 11.3 Å². The topological polar surface area (TPSA) is 48.7 Å². The molecule has 0 saturated carbocycles. The number of hydrogen-bond acceptors (Lipinski definition) is 5. The number of hydrogen-bond donors (Lipinski definition) is 1. The van der Waals surface area contributed by atoms with Crippen molar-refractivity contribution in [1.29, 1.82) is 0 Å². The standard InChI is InChI=1S/C19H25N3O2S/c1-15(19(23)20-17-7-3-4-8-18(17)25-2)22-11-9-21(10-12-22)14-16-6-5-13-24-16/h3-8,13,15H,9-12,14H2,1-2H3,(H,20,23)/t15-/m0/s1. The zero-order chi connectivity index (χ0) is 17.6. The van der Waals surface area contributed by atoms with Gasteiger partial charge in [-0.2, -0.15) is 0 Å². The second-order valence-corrected chi connectivity index (χ2v) is 7.11. The lowest BCUT2D eigenvalue weighted by atomic mass is 10.2. The van der Waals surface area contributed by atoms with Gasteiger partial charge in [0.2, 0.25) is 5.91 Å². The Bertz CT molecular complexity index is 682. The minimum atomic E-state index is -0.138. The average molecular weight is 359 g/mol. The molecule has 0 bridgehead atoms. The minimum Gasteiger partial charge on any atom is -0.468 e. The number of nitrogens with zero attached hydrogens (tertiary/aromatic N) is 2. The Balaban J connectivity index is 1.51. The van der Waals surface area contributed by atoms with Crippen LogP contribution in [0, 0.1) is 0 Å². The molecule has 0 spiro atoms. The fourth-order valence-electron chi connectivity index (χ4n) is 3.08. The van der Waals surface area contributed by atoms with Crippen molar-refractivity contribution in [2.24, 2.45) is 0 Å². The lowest BCUT2D eigenvalue weighted by molar-refractivity contribution is -0.121. The van der Waals surface area contributed by atoms with Gasteiger partial charge in [0, 0.05) is 31.1 Å². The van der Waals surface area contributed by atoms with Crippen molar-refractivity contribution in [3.05, 3.63) is 48.4 Å². The average Bonchev–Trinajstić information content (AvgIpc) is 3.15. The summed E-state index contributed by atoms with van der Waals surface area (Å²) in [5.41, 5.74) is 0.892. The van der Waals surface area contributed by atoms with Crippen LogP contribution in [0.4, 0.5) is 5.69 Å². The van der Waals surface area contributed by atoms with E-state index >= 15 is 0 Å². The molecule has 5 nitrogen and oxygen atoms in total. The highest BCUT2D eigenvalue weighted by Gasteiger charge is 2.26. The van der Waals surface area contributed by atoms with E-state index in [1.165, 1.54) is 0 Å². The van der Waals surface area contributed by atoms with Crippen LogP contribution in [0.2, 0.25) is 0 Å². The van der Waals surface area contributed by atoms with Gasteiger partial charge in [-0.3, -0.25) is 14.6 Å². The molecule has 1 N–H and O–H groups in total. The minimum absolute atomic E-state index is 0.0565. The molecular formula is C19H25N3O2S. The number of nitrogens with one attached hydrogen (secondary N) is 1. The third-order valence-corrected chi connectivity index (χ3v) is 5.45. The molecular weight excluding hydrogens is 334 g/mol. The van der Waals surface area contributed by atoms with Crippen LogP contribution < -0.4 is 5.32 Å². The fourth-order valence-corrected chi connectivity index (χ4v) is 3.64. The van der Waals surface area contributed by atoms with Crippen LogP contribution in [0.1, 0.15) is 12.7 Å². The van der Waals surface area contributed by atoms with Crippen LogP contribution in [-0.4, -0.2) is 54.2 Å². The summed E-state index contributed by atoms with van der Waals surface area (Å²) >= 11 is 1.64. The van der Waals surface area contributed by atoms with E-state index in [0.29, 0.717) is 0 Å². The second kappa shape index (κ2) is 8.56. The number of carbonyl (C=O) groups is 1. The van der Waals surface area contributed by atoms with Gasteiger partial charge in [-0.15, -0.1) is 11.8 Å². The van der Waals surface area contributed by atoms with Crippen molar-refractivity contribution in [3.63, 3.8) is 0 Å². The highest BCUT2D eigenvalue weighted by molar-refractivity contribution is 7.98. The van der Waals surface area contributed by atoms with Crippen molar-refractivity contribution in [2.45, 2.75) is 24.4 Å². The summed E-state index contributed by atoms with van der Waals surface area (Å²) in [6, 6.07) is 11.7. The molecule has 3 rings (SSSR count). The number of rotatable bonds is 6. The molecule has 2 heterocycles. The Hall–Kier alpha value is -1.76. The Morgan fingerprint density at radius 1 is 1.20 bits per heavy atom. The maximum Gasteiger partial charge on any atom is 0.241 e. The Labute approximate surface area is 153 Å². The molecule has 1 atom stereocenters. The monoisotopic (exact) mass is 359 g/mol. The summed E-state index contributed by atoms with van der Waals surface area (Å²) < 4.78 is 5.42. The van der Waals surface area contributed by atoms with Crippen molar-refractivity contribution < 1.29 is 9.21 Å². The second-order valence-electron chi connectivity index (χ2n) is 6.26. The van der Waals surface area contributed by atoms with Gasteiger partial charge in [0.05, 0.1) is 24.5 Å². The molecule has 0 radical (unpaired) electrons. The first kappa shape index (κ1) is 18.0. The number of anilines is 1. The van der Waals surface area contributed by atoms with Crippen molar-refractivity contribution in [1.82, 2.24) is 9.80 Å². The maximum atomic E-state index is 12.6. The molecule has 134 valence electrons. The molecule has 1 aromatic heterocycles. The van der Waals surface area contributed by atoms with Gasteiger partial charge >= 0.3 is 0 Å². The van der Waals surface area contributed by atoms with Gasteiger partial charge in [0.1, 0.15) is 5.76 Å².